The number of carboxylic acids is 1. The van der Waals surface area contributed by atoms with Gasteiger partial charge in [-0.2, -0.15) is 0 Å². The van der Waals surface area contributed by atoms with Gasteiger partial charge in [0.1, 0.15) is 5.75 Å². The van der Waals surface area contributed by atoms with E-state index in [2.05, 4.69) is 0 Å². The molecule has 1 heterocycles. The molecular formula is C16H20ClNO4. The number of hydrogen-bond donors (Lipinski definition) is 1. The van der Waals surface area contributed by atoms with Crippen molar-refractivity contribution in [1.82, 2.24) is 4.90 Å². The van der Waals surface area contributed by atoms with Crippen LogP contribution in [0.25, 0.3) is 0 Å². The Morgan fingerprint density at radius 1 is 1.36 bits per heavy atom. The number of piperidine rings is 1. The molecule has 1 aliphatic heterocycles. The highest BCUT2D eigenvalue weighted by atomic mass is 35.5. The highest BCUT2D eigenvalue weighted by Gasteiger charge is 2.24. The van der Waals surface area contributed by atoms with E-state index in [-0.39, 0.29) is 24.9 Å². The first kappa shape index (κ1) is 16.6. The lowest BCUT2D eigenvalue weighted by Gasteiger charge is -2.32. The van der Waals surface area contributed by atoms with Gasteiger partial charge in [0, 0.05) is 19.5 Å². The average Bonchev–Trinajstić information content (AvgIpc) is 2.52. The van der Waals surface area contributed by atoms with E-state index >= 15 is 0 Å². The minimum atomic E-state index is -0.787. The zero-order valence-electron chi connectivity index (χ0n) is 12.3. The quantitative estimate of drug-likeness (QED) is 0.873. The van der Waals surface area contributed by atoms with Crippen LogP contribution < -0.4 is 4.74 Å². The van der Waals surface area contributed by atoms with Crippen molar-refractivity contribution in [2.24, 2.45) is 5.92 Å². The van der Waals surface area contributed by atoms with Gasteiger partial charge in [-0.15, -0.1) is 0 Å². The van der Waals surface area contributed by atoms with Crippen LogP contribution in [0.5, 0.6) is 5.75 Å². The predicted octanol–water partition coefficient (Wildman–Crippen LogP) is 2.82. The SMILES string of the molecule is O=C(O)CCC1CCCN(C(=O)COc2ccccc2Cl)C1. The van der Waals surface area contributed by atoms with Gasteiger partial charge in [0.05, 0.1) is 5.02 Å². The summed E-state index contributed by atoms with van der Waals surface area (Å²) in [4.78, 5) is 24.6. The number of nitrogens with zero attached hydrogens (tertiary/aromatic N) is 1. The molecule has 120 valence electrons. The summed E-state index contributed by atoms with van der Waals surface area (Å²) in [6.07, 6.45) is 2.65. The number of carbonyl (C=O) groups excluding carboxylic acids is 1. The van der Waals surface area contributed by atoms with E-state index in [1.165, 1.54) is 0 Å². The molecule has 0 radical (unpaired) electrons. The van der Waals surface area contributed by atoms with Crippen LogP contribution in [-0.2, 0) is 9.59 Å². The number of para-hydroxylation sites is 1. The lowest BCUT2D eigenvalue weighted by atomic mass is 9.93. The minimum absolute atomic E-state index is 0.0462. The van der Waals surface area contributed by atoms with Gasteiger partial charge in [-0.25, -0.2) is 0 Å². The molecule has 1 atom stereocenters. The molecule has 1 aromatic carbocycles. The fourth-order valence-electron chi connectivity index (χ4n) is 2.65. The molecular weight excluding hydrogens is 306 g/mol. The summed E-state index contributed by atoms with van der Waals surface area (Å²) in [7, 11) is 0. The second-order valence-corrected chi connectivity index (χ2v) is 5.91. The van der Waals surface area contributed by atoms with E-state index in [0.717, 1.165) is 12.8 Å². The van der Waals surface area contributed by atoms with Gasteiger partial charge < -0.3 is 14.7 Å². The van der Waals surface area contributed by atoms with E-state index in [0.29, 0.717) is 30.3 Å². The van der Waals surface area contributed by atoms with Gasteiger partial charge in [-0.05, 0) is 37.3 Å². The summed E-state index contributed by atoms with van der Waals surface area (Å²) in [6, 6.07) is 7.04. The zero-order chi connectivity index (χ0) is 15.9. The van der Waals surface area contributed by atoms with Crippen LogP contribution in [-0.4, -0.2) is 41.6 Å². The predicted molar refractivity (Wildman–Crippen MR) is 83.1 cm³/mol. The van der Waals surface area contributed by atoms with Crippen LogP contribution in [0.2, 0.25) is 5.02 Å². The number of carbonyl (C=O) groups is 2. The third-order valence-corrected chi connectivity index (χ3v) is 4.14. The molecule has 1 aromatic rings. The minimum Gasteiger partial charge on any atom is -0.482 e. The molecule has 1 amide bonds. The number of hydrogen-bond acceptors (Lipinski definition) is 3. The van der Waals surface area contributed by atoms with E-state index < -0.39 is 5.97 Å². The van der Waals surface area contributed by atoms with E-state index in [9.17, 15) is 9.59 Å². The molecule has 2 rings (SSSR count). The van der Waals surface area contributed by atoms with Crippen molar-refractivity contribution in [2.45, 2.75) is 25.7 Å². The molecule has 0 spiro atoms. The summed E-state index contributed by atoms with van der Waals surface area (Å²) in [6.45, 7) is 1.27. The van der Waals surface area contributed by atoms with Crippen LogP contribution in [0.3, 0.4) is 0 Å². The maximum Gasteiger partial charge on any atom is 0.303 e. The molecule has 0 saturated carbocycles. The van der Waals surface area contributed by atoms with Gasteiger partial charge in [0.15, 0.2) is 6.61 Å². The Kier molecular flexibility index (Phi) is 6.07. The first-order chi connectivity index (χ1) is 10.6. The summed E-state index contributed by atoms with van der Waals surface area (Å²) in [5, 5.41) is 9.22. The van der Waals surface area contributed by atoms with Crippen LogP contribution in [0.1, 0.15) is 25.7 Å². The Labute approximate surface area is 134 Å². The molecule has 1 aliphatic rings. The second kappa shape index (κ2) is 8.03. The normalized spacial score (nSPS) is 18.0. The number of rotatable bonds is 6. The fraction of sp³-hybridized carbons (Fsp3) is 0.500. The van der Waals surface area contributed by atoms with Gasteiger partial charge in [0.25, 0.3) is 5.91 Å². The third-order valence-electron chi connectivity index (χ3n) is 3.83. The molecule has 1 fully saturated rings. The highest BCUT2D eigenvalue weighted by molar-refractivity contribution is 6.32. The van der Waals surface area contributed by atoms with Crippen molar-refractivity contribution in [2.75, 3.05) is 19.7 Å². The molecule has 1 saturated heterocycles. The highest BCUT2D eigenvalue weighted by Crippen LogP contribution is 2.24. The summed E-state index contributed by atoms with van der Waals surface area (Å²) < 4.78 is 5.47. The van der Waals surface area contributed by atoms with Crippen molar-refractivity contribution < 1.29 is 19.4 Å². The topological polar surface area (TPSA) is 66.8 Å². The Morgan fingerprint density at radius 2 is 2.14 bits per heavy atom. The molecule has 0 aliphatic carbocycles. The van der Waals surface area contributed by atoms with Gasteiger partial charge >= 0.3 is 5.97 Å². The molecule has 1 unspecified atom stereocenters. The average molecular weight is 326 g/mol. The van der Waals surface area contributed by atoms with Crippen molar-refractivity contribution in [3.05, 3.63) is 29.3 Å². The molecule has 0 bridgehead atoms. The molecule has 22 heavy (non-hydrogen) atoms. The first-order valence-electron chi connectivity index (χ1n) is 7.43. The maximum atomic E-state index is 12.2. The van der Waals surface area contributed by atoms with Crippen LogP contribution in [0.4, 0.5) is 0 Å². The number of carboxylic acid groups (broad SMARTS) is 1. The monoisotopic (exact) mass is 325 g/mol. The van der Waals surface area contributed by atoms with E-state index in [4.69, 9.17) is 21.4 Å². The Bertz CT molecular complexity index is 535. The summed E-state index contributed by atoms with van der Waals surface area (Å²) in [5.41, 5.74) is 0. The Balaban J connectivity index is 1.81. The van der Waals surface area contributed by atoms with Gasteiger partial charge in [-0.1, -0.05) is 23.7 Å². The lowest BCUT2D eigenvalue weighted by Crippen LogP contribution is -2.42. The first-order valence-corrected chi connectivity index (χ1v) is 7.81. The lowest BCUT2D eigenvalue weighted by molar-refractivity contribution is -0.137. The van der Waals surface area contributed by atoms with Crippen molar-refractivity contribution in [3.8, 4) is 5.75 Å². The van der Waals surface area contributed by atoms with Crippen LogP contribution in [0, 0.1) is 5.92 Å². The molecule has 0 aromatic heterocycles. The number of ether oxygens (including phenoxy) is 1. The van der Waals surface area contributed by atoms with Gasteiger partial charge in [0.2, 0.25) is 0 Å². The fourth-order valence-corrected chi connectivity index (χ4v) is 2.84. The molecule has 1 N–H and O–H groups in total. The summed E-state index contributed by atoms with van der Waals surface area (Å²) >= 11 is 5.98. The Morgan fingerprint density at radius 3 is 2.86 bits per heavy atom. The second-order valence-electron chi connectivity index (χ2n) is 5.50. The van der Waals surface area contributed by atoms with Crippen LogP contribution in [0.15, 0.2) is 24.3 Å². The van der Waals surface area contributed by atoms with Crippen molar-refractivity contribution >= 4 is 23.5 Å². The standard InChI is InChI=1S/C16H20ClNO4/c17-13-5-1-2-6-14(13)22-11-15(19)18-9-3-4-12(10-18)7-8-16(20)21/h1-2,5-6,12H,3-4,7-11H2,(H,20,21). The summed E-state index contributed by atoms with van der Waals surface area (Å²) in [5.74, 6) is -0.114. The van der Waals surface area contributed by atoms with Crippen molar-refractivity contribution in [3.63, 3.8) is 0 Å². The van der Waals surface area contributed by atoms with E-state index in [1.54, 1.807) is 29.2 Å². The largest absolute Gasteiger partial charge is 0.482 e. The number of amides is 1. The third kappa shape index (κ3) is 4.91. The smallest absolute Gasteiger partial charge is 0.303 e. The van der Waals surface area contributed by atoms with Crippen LogP contribution >= 0.6 is 11.6 Å². The maximum absolute atomic E-state index is 12.2. The number of halogens is 1. The number of benzene rings is 1. The number of aliphatic carboxylic acids is 1. The Hall–Kier alpha value is -1.75. The molecule has 6 heteroatoms. The molecule has 5 nitrogen and oxygen atoms in total. The van der Waals surface area contributed by atoms with Crippen molar-refractivity contribution in [1.29, 1.82) is 0 Å². The van der Waals surface area contributed by atoms with E-state index in [1.807, 2.05) is 0 Å². The number of likely N-dealkylation sites (tertiary alicyclic amines) is 1. The zero-order valence-corrected chi connectivity index (χ0v) is 13.1. The van der Waals surface area contributed by atoms with Gasteiger partial charge in [-0.3, -0.25) is 9.59 Å².